The summed E-state index contributed by atoms with van der Waals surface area (Å²) in [7, 11) is 0. The molecule has 0 aliphatic heterocycles. The number of nitrogens with one attached hydrogen (secondary N) is 1. The van der Waals surface area contributed by atoms with Gasteiger partial charge in [0.2, 0.25) is 0 Å². The SMILES string of the molecule is CCC(CC(N)=NO)NC1(C)CC1. The van der Waals surface area contributed by atoms with Crippen LogP contribution in [0.25, 0.3) is 0 Å². The molecule has 0 aromatic carbocycles. The third-order valence-electron chi connectivity index (χ3n) is 2.63. The smallest absolute Gasteiger partial charge is 0.140 e. The van der Waals surface area contributed by atoms with Crippen molar-refractivity contribution in [2.45, 2.75) is 51.1 Å². The average Bonchev–Trinajstić information content (AvgIpc) is 2.82. The van der Waals surface area contributed by atoms with Crippen LogP contribution in [0.4, 0.5) is 0 Å². The molecule has 76 valence electrons. The summed E-state index contributed by atoms with van der Waals surface area (Å²) in [6, 6.07) is 0.336. The van der Waals surface area contributed by atoms with Gasteiger partial charge in [-0.3, -0.25) is 0 Å². The van der Waals surface area contributed by atoms with E-state index in [9.17, 15) is 0 Å². The first-order valence-electron chi connectivity index (χ1n) is 4.84. The number of hydrogen-bond acceptors (Lipinski definition) is 3. The predicted molar refractivity (Wildman–Crippen MR) is 52.9 cm³/mol. The molecule has 0 bridgehead atoms. The quantitative estimate of drug-likeness (QED) is 0.259. The Kier molecular flexibility index (Phi) is 3.14. The maximum atomic E-state index is 8.43. The van der Waals surface area contributed by atoms with Crippen molar-refractivity contribution in [1.82, 2.24) is 5.32 Å². The fourth-order valence-corrected chi connectivity index (χ4v) is 1.42. The lowest BCUT2D eigenvalue weighted by molar-refractivity contribution is 0.314. The maximum Gasteiger partial charge on any atom is 0.140 e. The zero-order valence-electron chi connectivity index (χ0n) is 8.38. The standard InChI is InChI=1S/C9H19N3O/c1-3-7(6-8(10)12-13)11-9(2)4-5-9/h7,11,13H,3-6H2,1-2H3,(H2,10,12). The molecule has 1 aliphatic carbocycles. The van der Waals surface area contributed by atoms with E-state index in [4.69, 9.17) is 10.9 Å². The van der Waals surface area contributed by atoms with Gasteiger partial charge in [-0.1, -0.05) is 12.1 Å². The molecule has 13 heavy (non-hydrogen) atoms. The van der Waals surface area contributed by atoms with Gasteiger partial charge in [0.15, 0.2) is 0 Å². The number of oxime groups is 1. The number of rotatable bonds is 5. The summed E-state index contributed by atoms with van der Waals surface area (Å²) in [6.45, 7) is 4.32. The Balaban J connectivity index is 2.34. The molecule has 0 amide bonds. The van der Waals surface area contributed by atoms with Crippen LogP contribution < -0.4 is 11.1 Å². The van der Waals surface area contributed by atoms with E-state index >= 15 is 0 Å². The van der Waals surface area contributed by atoms with Gasteiger partial charge in [-0.05, 0) is 26.2 Å². The van der Waals surface area contributed by atoms with Crippen molar-refractivity contribution in [2.75, 3.05) is 0 Å². The second-order valence-electron chi connectivity index (χ2n) is 4.11. The van der Waals surface area contributed by atoms with E-state index in [1.54, 1.807) is 0 Å². The summed E-state index contributed by atoms with van der Waals surface area (Å²) >= 11 is 0. The Morgan fingerprint density at radius 1 is 1.69 bits per heavy atom. The topological polar surface area (TPSA) is 70.6 Å². The van der Waals surface area contributed by atoms with E-state index < -0.39 is 0 Å². The van der Waals surface area contributed by atoms with Crippen LogP contribution in [0.2, 0.25) is 0 Å². The first-order valence-corrected chi connectivity index (χ1v) is 4.84. The summed E-state index contributed by atoms with van der Waals surface area (Å²) in [5, 5.41) is 14.9. The summed E-state index contributed by atoms with van der Waals surface area (Å²) in [6.07, 6.45) is 4.10. The highest BCUT2D eigenvalue weighted by atomic mass is 16.4. The van der Waals surface area contributed by atoms with Gasteiger partial charge in [-0.2, -0.15) is 0 Å². The van der Waals surface area contributed by atoms with E-state index in [0.29, 0.717) is 23.8 Å². The molecule has 1 unspecified atom stereocenters. The summed E-state index contributed by atoms with van der Waals surface area (Å²) in [5.74, 6) is 0.309. The van der Waals surface area contributed by atoms with Crippen molar-refractivity contribution in [1.29, 1.82) is 0 Å². The molecule has 0 radical (unpaired) electrons. The van der Waals surface area contributed by atoms with Crippen LogP contribution >= 0.6 is 0 Å². The molecular weight excluding hydrogens is 166 g/mol. The van der Waals surface area contributed by atoms with Crippen LogP contribution in [0.15, 0.2) is 5.16 Å². The van der Waals surface area contributed by atoms with E-state index in [0.717, 1.165) is 6.42 Å². The zero-order valence-corrected chi connectivity index (χ0v) is 8.38. The Labute approximate surface area is 79.2 Å². The number of nitrogens with zero attached hydrogens (tertiary/aromatic N) is 1. The highest BCUT2D eigenvalue weighted by Crippen LogP contribution is 2.35. The second kappa shape index (κ2) is 3.96. The Bertz CT molecular complexity index is 199. The van der Waals surface area contributed by atoms with Crippen molar-refractivity contribution in [3.8, 4) is 0 Å². The maximum absolute atomic E-state index is 8.43. The monoisotopic (exact) mass is 185 g/mol. The lowest BCUT2D eigenvalue weighted by Gasteiger charge is -2.20. The van der Waals surface area contributed by atoms with Crippen molar-refractivity contribution >= 4 is 5.84 Å². The minimum Gasteiger partial charge on any atom is -0.409 e. The number of hydrogen-bond donors (Lipinski definition) is 3. The second-order valence-corrected chi connectivity index (χ2v) is 4.11. The molecule has 4 heteroatoms. The van der Waals surface area contributed by atoms with Crippen LogP contribution in [0.3, 0.4) is 0 Å². The van der Waals surface area contributed by atoms with Crippen LogP contribution in [-0.2, 0) is 0 Å². The lowest BCUT2D eigenvalue weighted by Crippen LogP contribution is -2.40. The molecule has 0 aromatic rings. The lowest BCUT2D eigenvalue weighted by atomic mass is 10.1. The van der Waals surface area contributed by atoms with E-state index in [1.807, 2.05) is 0 Å². The molecule has 0 spiro atoms. The third-order valence-corrected chi connectivity index (χ3v) is 2.63. The van der Waals surface area contributed by atoms with Crippen LogP contribution in [-0.4, -0.2) is 22.6 Å². The van der Waals surface area contributed by atoms with E-state index in [-0.39, 0.29) is 0 Å². The third kappa shape index (κ3) is 3.22. The van der Waals surface area contributed by atoms with Gasteiger partial charge in [0, 0.05) is 18.0 Å². The first-order chi connectivity index (χ1) is 6.09. The Morgan fingerprint density at radius 2 is 2.31 bits per heavy atom. The molecule has 1 atom stereocenters. The van der Waals surface area contributed by atoms with Crippen molar-refractivity contribution in [2.24, 2.45) is 10.9 Å². The fraction of sp³-hybridized carbons (Fsp3) is 0.889. The van der Waals surface area contributed by atoms with Gasteiger partial charge >= 0.3 is 0 Å². The molecule has 0 saturated heterocycles. The van der Waals surface area contributed by atoms with Gasteiger partial charge in [-0.25, -0.2) is 0 Å². The first kappa shape index (κ1) is 10.3. The Hall–Kier alpha value is -0.770. The normalized spacial score (nSPS) is 22.8. The van der Waals surface area contributed by atoms with Gasteiger partial charge in [0.05, 0.1) is 0 Å². The zero-order chi connectivity index (χ0) is 9.90. The minimum absolute atomic E-state index is 0.309. The van der Waals surface area contributed by atoms with Crippen molar-refractivity contribution in [3.63, 3.8) is 0 Å². The van der Waals surface area contributed by atoms with E-state index in [2.05, 4.69) is 24.3 Å². The van der Waals surface area contributed by atoms with E-state index in [1.165, 1.54) is 12.8 Å². The van der Waals surface area contributed by atoms with Crippen molar-refractivity contribution in [3.05, 3.63) is 0 Å². The molecule has 0 aromatic heterocycles. The highest BCUT2D eigenvalue weighted by molar-refractivity contribution is 5.80. The minimum atomic E-state index is 0.309. The average molecular weight is 185 g/mol. The fourth-order valence-electron chi connectivity index (χ4n) is 1.42. The molecule has 1 saturated carbocycles. The molecule has 1 aliphatic rings. The molecule has 0 heterocycles. The van der Waals surface area contributed by atoms with Crippen LogP contribution in [0.1, 0.15) is 39.5 Å². The van der Waals surface area contributed by atoms with Gasteiger partial charge in [-0.15, -0.1) is 0 Å². The van der Waals surface area contributed by atoms with Gasteiger partial charge < -0.3 is 16.3 Å². The summed E-state index contributed by atoms with van der Waals surface area (Å²) in [4.78, 5) is 0. The summed E-state index contributed by atoms with van der Waals surface area (Å²) in [5.41, 5.74) is 5.76. The van der Waals surface area contributed by atoms with Gasteiger partial charge in [0.1, 0.15) is 5.84 Å². The van der Waals surface area contributed by atoms with Crippen LogP contribution in [0, 0.1) is 0 Å². The van der Waals surface area contributed by atoms with Crippen LogP contribution in [0.5, 0.6) is 0 Å². The molecule has 4 N–H and O–H groups in total. The molecule has 1 rings (SSSR count). The molecule has 4 nitrogen and oxygen atoms in total. The molecular formula is C9H19N3O. The largest absolute Gasteiger partial charge is 0.409 e. The predicted octanol–water partition coefficient (Wildman–Crippen LogP) is 1.04. The number of amidine groups is 1. The van der Waals surface area contributed by atoms with Crippen molar-refractivity contribution < 1.29 is 5.21 Å². The van der Waals surface area contributed by atoms with Gasteiger partial charge in [0.25, 0.3) is 0 Å². The highest BCUT2D eigenvalue weighted by Gasteiger charge is 2.38. The summed E-state index contributed by atoms with van der Waals surface area (Å²) < 4.78 is 0. The number of nitrogens with two attached hydrogens (primary N) is 1. The molecule has 1 fully saturated rings. The Morgan fingerprint density at radius 3 is 2.69 bits per heavy atom.